The molecule has 0 saturated carbocycles. The van der Waals surface area contributed by atoms with Gasteiger partial charge in [0.05, 0.1) is 0 Å². The Morgan fingerprint density at radius 1 is 1.19 bits per heavy atom. The molecule has 0 N–H and O–H groups in total. The molecule has 2 heterocycles. The number of halogens is 2. The van der Waals surface area contributed by atoms with Gasteiger partial charge in [-0.2, -0.15) is 11.8 Å². The molecule has 2 aliphatic heterocycles. The van der Waals surface area contributed by atoms with E-state index in [1.54, 1.807) is 16.7 Å². The Labute approximate surface area is 156 Å². The van der Waals surface area contributed by atoms with Crippen molar-refractivity contribution in [2.45, 2.75) is 32.2 Å². The number of hydrogen-bond donors (Lipinski definition) is 0. The lowest BCUT2D eigenvalue weighted by atomic mass is 9.77. The van der Waals surface area contributed by atoms with Crippen molar-refractivity contribution in [3.63, 3.8) is 0 Å². The van der Waals surface area contributed by atoms with Crippen LogP contribution in [0, 0.1) is 17.0 Å². The topological polar surface area (TPSA) is 40.6 Å². The van der Waals surface area contributed by atoms with Gasteiger partial charge in [0, 0.05) is 56.3 Å². The van der Waals surface area contributed by atoms with E-state index in [4.69, 9.17) is 0 Å². The van der Waals surface area contributed by atoms with Gasteiger partial charge in [-0.05, 0) is 36.8 Å². The Bertz CT molecular complexity index is 670. The van der Waals surface area contributed by atoms with Crippen molar-refractivity contribution in [1.82, 2.24) is 9.80 Å². The fraction of sp³-hybridized carbons (Fsp3) is 0.579. The zero-order chi connectivity index (χ0) is 18.7. The zero-order valence-corrected chi connectivity index (χ0v) is 15.8. The Morgan fingerprint density at radius 3 is 2.46 bits per heavy atom. The zero-order valence-electron chi connectivity index (χ0n) is 15.0. The minimum atomic E-state index is -0.626. The predicted molar refractivity (Wildman–Crippen MR) is 97.6 cm³/mol. The van der Waals surface area contributed by atoms with Gasteiger partial charge in [0.1, 0.15) is 11.6 Å². The quantitative estimate of drug-likeness (QED) is 0.786. The third kappa shape index (κ3) is 4.37. The number of nitrogens with zero attached hydrogens (tertiary/aromatic N) is 2. The molecule has 26 heavy (non-hydrogen) atoms. The van der Waals surface area contributed by atoms with Crippen LogP contribution >= 0.6 is 11.8 Å². The fourth-order valence-corrected chi connectivity index (χ4v) is 4.34. The van der Waals surface area contributed by atoms with E-state index >= 15 is 0 Å². The molecule has 0 radical (unpaired) electrons. The van der Waals surface area contributed by atoms with E-state index in [9.17, 15) is 18.4 Å². The Morgan fingerprint density at radius 2 is 1.85 bits per heavy atom. The summed E-state index contributed by atoms with van der Waals surface area (Å²) in [7, 11) is 0. The molecule has 0 unspecified atom stereocenters. The lowest BCUT2D eigenvalue weighted by molar-refractivity contribution is -0.132. The van der Waals surface area contributed by atoms with E-state index in [1.165, 1.54) is 12.1 Å². The Kier molecular flexibility index (Phi) is 5.85. The highest BCUT2D eigenvalue weighted by Crippen LogP contribution is 2.41. The first kappa shape index (κ1) is 19.1. The first-order valence-electron chi connectivity index (χ1n) is 8.90. The van der Waals surface area contributed by atoms with Gasteiger partial charge < -0.3 is 9.80 Å². The van der Waals surface area contributed by atoms with Crippen LogP contribution in [0.4, 0.5) is 8.78 Å². The summed E-state index contributed by atoms with van der Waals surface area (Å²) < 4.78 is 26.7. The lowest BCUT2D eigenvalue weighted by Crippen LogP contribution is -2.44. The number of likely N-dealkylation sites (tertiary alicyclic amines) is 2. The highest BCUT2D eigenvalue weighted by atomic mass is 32.2. The summed E-state index contributed by atoms with van der Waals surface area (Å²) in [6.07, 6.45) is 4.61. The standard InChI is InChI=1S/C19H24F2N2O2S/c1-26-7-2-17(24)22-5-3-19(4-6-22)11-18(25)23(13-19)12-14-8-15(20)10-16(21)9-14/h8-10H,2-7,11-13H2,1H3. The number of amides is 2. The van der Waals surface area contributed by atoms with E-state index in [2.05, 4.69) is 0 Å². The van der Waals surface area contributed by atoms with Crippen LogP contribution in [0.5, 0.6) is 0 Å². The number of thioether (sulfide) groups is 1. The van der Waals surface area contributed by atoms with Crippen LogP contribution in [0.2, 0.25) is 0 Å². The molecule has 0 atom stereocenters. The van der Waals surface area contributed by atoms with Gasteiger partial charge >= 0.3 is 0 Å². The third-order valence-corrected chi connectivity index (χ3v) is 6.01. The third-order valence-electron chi connectivity index (χ3n) is 5.40. The van der Waals surface area contributed by atoms with E-state index < -0.39 is 11.6 Å². The molecule has 4 nitrogen and oxygen atoms in total. The van der Waals surface area contributed by atoms with Crippen LogP contribution in [0.15, 0.2) is 18.2 Å². The van der Waals surface area contributed by atoms with Crippen LogP contribution in [0.25, 0.3) is 0 Å². The molecule has 0 aromatic heterocycles. The van der Waals surface area contributed by atoms with Crippen molar-refractivity contribution in [2.24, 2.45) is 5.41 Å². The molecule has 2 saturated heterocycles. The van der Waals surface area contributed by atoms with Gasteiger partial charge in [-0.3, -0.25) is 9.59 Å². The molecule has 1 aromatic carbocycles. The Balaban J connectivity index is 1.58. The maximum atomic E-state index is 13.4. The molecule has 2 amide bonds. The fourth-order valence-electron chi connectivity index (χ4n) is 3.96. The van der Waals surface area contributed by atoms with Gasteiger partial charge in [0.2, 0.25) is 11.8 Å². The highest BCUT2D eigenvalue weighted by Gasteiger charge is 2.45. The van der Waals surface area contributed by atoms with Crippen molar-refractivity contribution in [3.8, 4) is 0 Å². The van der Waals surface area contributed by atoms with Crippen LogP contribution in [-0.2, 0) is 16.1 Å². The average molecular weight is 382 g/mol. The van der Waals surface area contributed by atoms with E-state index in [0.717, 1.165) is 24.7 Å². The van der Waals surface area contributed by atoms with E-state index in [-0.39, 0.29) is 23.8 Å². The monoisotopic (exact) mass is 382 g/mol. The van der Waals surface area contributed by atoms with Crippen molar-refractivity contribution in [3.05, 3.63) is 35.4 Å². The van der Waals surface area contributed by atoms with Gasteiger partial charge in [-0.1, -0.05) is 0 Å². The number of carbonyl (C=O) groups is 2. The summed E-state index contributed by atoms with van der Waals surface area (Å²) in [5.74, 6) is -0.212. The first-order valence-corrected chi connectivity index (χ1v) is 10.3. The maximum Gasteiger partial charge on any atom is 0.223 e. The van der Waals surface area contributed by atoms with Crippen LogP contribution in [0.1, 0.15) is 31.2 Å². The number of hydrogen-bond acceptors (Lipinski definition) is 3. The van der Waals surface area contributed by atoms with Crippen molar-refractivity contribution in [2.75, 3.05) is 31.6 Å². The summed E-state index contributed by atoms with van der Waals surface area (Å²) in [6, 6.07) is 3.38. The molecule has 1 spiro atoms. The number of carbonyl (C=O) groups excluding carboxylic acids is 2. The molecule has 0 bridgehead atoms. The second kappa shape index (κ2) is 7.94. The SMILES string of the molecule is CSCCC(=O)N1CCC2(CC1)CC(=O)N(Cc1cc(F)cc(F)c1)C2. The minimum Gasteiger partial charge on any atom is -0.343 e. The van der Waals surface area contributed by atoms with E-state index in [1.807, 2.05) is 11.2 Å². The first-order chi connectivity index (χ1) is 12.4. The summed E-state index contributed by atoms with van der Waals surface area (Å²) in [6.45, 7) is 2.19. The second-order valence-electron chi connectivity index (χ2n) is 7.33. The summed E-state index contributed by atoms with van der Waals surface area (Å²) in [4.78, 5) is 28.2. The van der Waals surface area contributed by atoms with E-state index in [0.29, 0.717) is 38.0 Å². The van der Waals surface area contributed by atoms with Crippen LogP contribution in [-0.4, -0.2) is 53.3 Å². The molecule has 0 aliphatic carbocycles. The normalized spacial score (nSPS) is 19.4. The molecule has 1 aromatic rings. The van der Waals surface area contributed by atoms with Crippen LogP contribution < -0.4 is 0 Å². The van der Waals surface area contributed by atoms with Crippen molar-refractivity contribution >= 4 is 23.6 Å². The van der Waals surface area contributed by atoms with Gasteiger partial charge in [-0.15, -0.1) is 0 Å². The van der Waals surface area contributed by atoms with Crippen LogP contribution in [0.3, 0.4) is 0 Å². The predicted octanol–water partition coefficient (Wildman–Crippen LogP) is 3.06. The smallest absolute Gasteiger partial charge is 0.223 e. The molecule has 142 valence electrons. The average Bonchev–Trinajstić information content (AvgIpc) is 2.87. The number of rotatable bonds is 5. The second-order valence-corrected chi connectivity index (χ2v) is 8.31. The Hall–Kier alpha value is -1.63. The molecule has 2 aliphatic rings. The molecular weight excluding hydrogens is 358 g/mol. The van der Waals surface area contributed by atoms with Crippen molar-refractivity contribution < 1.29 is 18.4 Å². The minimum absolute atomic E-state index is 0.0248. The van der Waals surface area contributed by atoms with Gasteiger partial charge in [0.25, 0.3) is 0 Å². The number of piperidine rings is 1. The van der Waals surface area contributed by atoms with Crippen molar-refractivity contribution in [1.29, 1.82) is 0 Å². The largest absolute Gasteiger partial charge is 0.343 e. The number of benzene rings is 1. The molecular formula is C19H24F2N2O2S. The molecule has 3 rings (SSSR count). The van der Waals surface area contributed by atoms with Gasteiger partial charge in [-0.25, -0.2) is 8.78 Å². The molecule has 7 heteroatoms. The maximum absolute atomic E-state index is 13.4. The lowest BCUT2D eigenvalue weighted by Gasteiger charge is -2.39. The summed E-state index contributed by atoms with van der Waals surface area (Å²) in [5.41, 5.74) is 0.358. The highest BCUT2D eigenvalue weighted by molar-refractivity contribution is 7.98. The molecule has 2 fully saturated rings. The van der Waals surface area contributed by atoms with Gasteiger partial charge in [0.15, 0.2) is 0 Å². The summed E-state index contributed by atoms with van der Waals surface area (Å²) >= 11 is 1.66. The summed E-state index contributed by atoms with van der Waals surface area (Å²) in [5, 5.41) is 0.